The van der Waals surface area contributed by atoms with E-state index in [1.54, 1.807) is 11.2 Å². The average Bonchev–Trinajstić information content (AvgIpc) is 2.99. The Morgan fingerprint density at radius 2 is 2.40 bits per heavy atom. The monoisotopic (exact) mass is 206 g/mol. The summed E-state index contributed by atoms with van der Waals surface area (Å²) in [5.41, 5.74) is 0.0628. The lowest BCUT2D eigenvalue weighted by atomic mass is 10.2. The molecular weight excluding hydrogens is 192 g/mol. The Bertz CT molecular complexity index is 419. The van der Waals surface area contributed by atoms with Crippen LogP contribution in [-0.2, 0) is 18.4 Å². The number of nitrogens with zero attached hydrogens (tertiary/aromatic N) is 4. The predicted octanol–water partition coefficient (Wildman–Crippen LogP) is 0.183. The number of carbonyl (C=O) groups excluding carboxylic acids is 1. The summed E-state index contributed by atoms with van der Waals surface area (Å²) in [6.07, 6.45) is 3.87. The normalized spacial score (nSPS) is 30.9. The lowest BCUT2D eigenvalue weighted by Crippen LogP contribution is -2.31. The minimum atomic E-state index is 0.0628. The summed E-state index contributed by atoms with van der Waals surface area (Å²) in [5, 5.41) is 7.77. The third-order valence-corrected chi connectivity index (χ3v) is 3.64. The van der Waals surface area contributed by atoms with E-state index in [2.05, 4.69) is 10.2 Å². The molecule has 2 aliphatic carbocycles. The highest BCUT2D eigenvalue weighted by Crippen LogP contribution is 2.75. The molecule has 2 aliphatic rings. The van der Waals surface area contributed by atoms with Crippen LogP contribution < -0.4 is 0 Å². The molecule has 1 aromatic heterocycles. The molecule has 1 amide bonds. The van der Waals surface area contributed by atoms with E-state index < -0.39 is 0 Å². The van der Waals surface area contributed by atoms with Crippen LogP contribution >= 0.6 is 0 Å². The van der Waals surface area contributed by atoms with Crippen molar-refractivity contribution in [2.45, 2.75) is 19.4 Å². The predicted molar refractivity (Wildman–Crippen MR) is 52.6 cm³/mol. The molecule has 15 heavy (non-hydrogen) atoms. The van der Waals surface area contributed by atoms with Crippen LogP contribution in [0, 0.1) is 11.3 Å². The molecule has 0 saturated heterocycles. The number of hydrogen-bond donors (Lipinski definition) is 0. The van der Waals surface area contributed by atoms with Crippen molar-refractivity contribution in [2.24, 2.45) is 18.4 Å². The second-order valence-corrected chi connectivity index (χ2v) is 4.78. The van der Waals surface area contributed by atoms with Crippen molar-refractivity contribution in [1.29, 1.82) is 0 Å². The van der Waals surface area contributed by atoms with Gasteiger partial charge in [-0.05, 0) is 18.8 Å². The summed E-state index contributed by atoms with van der Waals surface area (Å²) in [5.74, 6) is 1.82. The molecule has 0 radical (unpaired) electrons. The molecule has 0 aromatic carbocycles. The first-order valence-electron chi connectivity index (χ1n) is 5.22. The van der Waals surface area contributed by atoms with Gasteiger partial charge in [0.1, 0.15) is 6.33 Å². The molecule has 80 valence electrons. The number of carbonyl (C=O) groups is 1. The lowest BCUT2D eigenvalue weighted by molar-refractivity contribution is -0.134. The van der Waals surface area contributed by atoms with Crippen LogP contribution in [0.2, 0.25) is 0 Å². The molecule has 0 bridgehead atoms. The van der Waals surface area contributed by atoms with Crippen molar-refractivity contribution in [3.05, 3.63) is 12.2 Å². The van der Waals surface area contributed by atoms with Gasteiger partial charge in [0.25, 0.3) is 0 Å². The van der Waals surface area contributed by atoms with Gasteiger partial charge < -0.3 is 9.47 Å². The van der Waals surface area contributed by atoms with E-state index in [0.29, 0.717) is 12.5 Å². The summed E-state index contributed by atoms with van der Waals surface area (Å²) >= 11 is 0. The molecule has 2 saturated carbocycles. The molecule has 5 heteroatoms. The van der Waals surface area contributed by atoms with Crippen LogP contribution in [0.3, 0.4) is 0 Å². The highest BCUT2D eigenvalue weighted by atomic mass is 16.2. The number of aromatic nitrogens is 3. The van der Waals surface area contributed by atoms with E-state index in [1.165, 1.54) is 0 Å². The van der Waals surface area contributed by atoms with E-state index in [0.717, 1.165) is 18.7 Å². The van der Waals surface area contributed by atoms with Crippen LogP contribution in [0.15, 0.2) is 6.33 Å². The zero-order valence-electron chi connectivity index (χ0n) is 8.97. The van der Waals surface area contributed by atoms with Crippen LogP contribution in [-0.4, -0.2) is 32.6 Å². The van der Waals surface area contributed by atoms with Gasteiger partial charge >= 0.3 is 0 Å². The maximum absolute atomic E-state index is 12.0. The summed E-state index contributed by atoms with van der Waals surface area (Å²) < 4.78 is 1.85. The topological polar surface area (TPSA) is 51.0 Å². The Balaban J connectivity index is 1.68. The first kappa shape index (κ1) is 8.88. The number of fused-ring (bicyclic) bond motifs is 1. The number of aryl methyl sites for hydroxylation is 1. The van der Waals surface area contributed by atoms with Crippen molar-refractivity contribution >= 4 is 5.91 Å². The molecule has 2 fully saturated rings. The van der Waals surface area contributed by atoms with Crippen LogP contribution in [0.4, 0.5) is 0 Å². The molecule has 1 aromatic rings. The van der Waals surface area contributed by atoms with Crippen LogP contribution in [0.5, 0.6) is 0 Å². The van der Waals surface area contributed by atoms with Crippen molar-refractivity contribution in [3.8, 4) is 0 Å². The number of rotatable bonds is 3. The van der Waals surface area contributed by atoms with E-state index in [9.17, 15) is 4.79 Å². The van der Waals surface area contributed by atoms with Gasteiger partial charge in [-0.25, -0.2) is 0 Å². The standard InChI is InChI=1S/C10H14N4O/c1-13(5-8-12-11-6-14(8)2)9(15)10-3-7(10)4-10/h6-7H,3-5H2,1-2H3. The summed E-state index contributed by atoms with van der Waals surface area (Å²) in [4.78, 5) is 13.7. The van der Waals surface area contributed by atoms with Gasteiger partial charge in [-0.1, -0.05) is 0 Å². The largest absolute Gasteiger partial charge is 0.338 e. The van der Waals surface area contributed by atoms with Gasteiger partial charge in [0.15, 0.2) is 5.82 Å². The fourth-order valence-electron chi connectivity index (χ4n) is 2.17. The van der Waals surface area contributed by atoms with E-state index in [1.807, 2.05) is 18.7 Å². The Hall–Kier alpha value is -1.39. The molecule has 0 spiro atoms. The molecule has 1 heterocycles. The SMILES string of the molecule is CN(Cc1nncn1C)C(=O)C12CC1C2. The Kier molecular flexibility index (Phi) is 1.53. The van der Waals surface area contributed by atoms with Gasteiger partial charge in [0.05, 0.1) is 12.0 Å². The summed E-state index contributed by atoms with van der Waals surface area (Å²) in [6, 6.07) is 0. The maximum Gasteiger partial charge on any atom is 0.229 e. The van der Waals surface area contributed by atoms with E-state index >= 15 is 0 Å². The van der Waals surface area contributed by atoms with Crippen LogP contribution in [0.1, 0.15) is 18.7 Å². The fourth-order valence-corrected chi connectivity index (χ4v) is 2.17. The molecule has 3 rings (SSSR count). The molecule has 0 N–H and O–H groups in total. The minimum Gasteiger partial charge on any atom is -0.338 e. The van der Waals surface area contributed by atoms with Gasteiger partial charge in [-0.15, -0.1) is 10.2 Å². The first-order valence-corrected chi connectivity index (χ1v) is 5.22. The van der Waals surface area contributed by atoms with Crippen molar-refractivity contribution in [1.82, 2.24) is 19.7 Å². The number of hydrogen-bond acceptors (Lipinski definition) is 3. The zero-order chi connectivity index (χ0) is 10.6. The Labute approximate surface area is 88.1 Å². The summed E-state index contributed by atoms with van der Waals surface area (Å²) in [6.45, 7) is 0.559. The maximum atomic E-state index is 12.0. The summed E-state index contributed by atoms with van der Waals surface area (Å²) in [7, 11) is 3.74. The second kappa shape index (κ2) is 2.59. The second-order valence-electron chi connectivity index (χ2n) is 4.78. The molecule has 0 aliphatic heterocycles. The smallest absolute Gasteiger partial charge is 0.229 e. The third kappa shape index (κ3) is 1.19. The zero-order valence-corrected chi connectivity index (χ0v) is 8.97. The van der Waals surface area contributed by atoms with Crippen molar-refractivity contribution in [3.63, 3.8) is 0 Å². The van der Waals surface area contributed by atoms with Crippen LogP contribution in [0.25, 0.3) is 0 Å². The van der Waals surface area contributed by atoms with Crippen molar-refractivity contribution < 1.29 is 4.79 Å². The molecular formula is C10H14N4O. The van der Waals surface area contributed by atoms with E-state index in [-0.39, 0.29) is 11.3 Å². The third-order valence-electron chi connectivity index (χ3n) is 3.64. The van der Waals surface area contributed by atoms with Gasteiger partial charge in [-0.2, -0.15) is 0 Å². The highest BCUT2D eigenvalue weighted by Gasteiger charge is 2.75. The lowest BCUT2D eigenvalue weighted by Gasteiger charge is -2.18. The average molecular weight is 206 g/mol. The quantitative estimate of drug-likeness (QED) is 0.709. The van der Waals surface area contributed by atoms with E-state index in [4.69, 9.17) is 0 Å². The molecule has 0 unspecified atom stereocenters. The molecule has 5 nitrogen and oxygen atoms in total. The number of amides is 1. The van der Waals surface area contributed by atoms with Gasteiger partial charge in [-0.3, -0.25) is 4.79 Å². The van der Waals surface area contributed by atoms with Crippen molar-refractivity contribution in [2.75, 3.05) is 7.05 Å². The fraction of sp³-hybridized carbons (Fsp3) is 0.700. The van der Waals surface area contributed by atoms with Gasteiger partial charge in [0.2, 0.25) is 5.91 Å². The molecule has 0 atom stereocenters. The highest BCUT2D eigenvalue weighted by molar-refractivity contribution is 5.89. The first-order chi connectivity index (χ1) is 7.13. The Morgan fingerprint density at radius 3 is 2.87 bits per heavy atom. The van der Waals surface area contributed by atoms with Gasteiger partial charge in [0, 0.05) is 14.1 Å². The minimum absolute atomic E-state index is 0.0628. The Morgan fingerprint density at radius 1 is 1.73 bits per heavy atom.